The van der Waals surface area contributed by atoms with Crippen molar-refractivity contribution in [2.24, 2.45) is 0 Å². The van der Waals surface area contributed by atoms with Crippen LogP contribution >= 0.6 is 0 Å². The lowest BCUT2D eigenvalue weighted by molar-refractivity contribution is 0.102. The number of methoxy groups -OCH3 is 1. The minimum atomic E-state index is -3.56. The zero-order valence-corrected chi connectivity index (χ0v) is 13.3. The predicted molar refractivity (Wildman–Crippen MR) is 85.8 cm³/mol. The van der Waals surface area contributed by atoms with E-state index in [9.17, 15) is 17.6 Å². The highest BCUT2D eigenvalue weighted by Gasteiger charge is 2.13. The van der Waals surface area contributed by atoms with Gasteiger partial charge in [-0.1, -0.05) is 0 Å². The number of rotatable bonds is 5. The third-order valence-electron chi connectivity index (χ3n) is 2.88. The quantitative estimate of drug-likeness (QED) is 0.877. The Balaban J connectivity index is 2.27. The van der Waals surface area contributed by atoms with Crippen molar-refractivity contribution in [1.29, 1.82) is 0 Å². The van der Waals surface area contributed by atoms with Gasteiger partial charge in [-0.25, -0.2) is 12.8 Å². The second-order valence-corrected chi connectivity index (χ2v) is 6.50. The molecule has 0 aliphatic heterocycles. The van der Waals surface area contributed by atoms with E-state index in [0.29, 0.717) is 11.3 Å². The van der Waals surface area contributed by atoms with Gasteiger partial charge in [0.05, 0.1) is 24.7 Å². The summed E-state index contributed by atoms with van der Waals surface area (Å²) in [5.41, 5.74) is 0.423. The van der Waals surface area contributed by atoms with Gasteiger partial charge >= 0.3 is 0 Å². The highest BCUT2D eigenvalue weighted by molar-refractivity contribution is 7.92. The van der Waals surface area contributed by atoms with E-state index in [2.05, 4.69) is 10.0 Å². The first-order chi connectivity index (χ1) is 10.8. The van der Waals surface area contributed by atoms with Crippen LogP contribution < -0.4 is 14.8 Å². The molecule has 0 spiro atoms. The van der Waals surface area contributed by atoms with Crippen LogP contribution in [0.1, 0.15) is 10.4 Å². The zero-order chi connectivity index (χ0) is 17.0. The molecule has 0 saturated heterocycles. The first kappa shape index (κ1) is 16.8. The van der Waals surface area contributed by atoms with E-state index in [1.54, 1.807) is 12.1 Å². The fraction of sp³-hybridized carbons (Fsp3) is 0.133. The summed E-state index contributed by atoms with van der Waals surface area (Å²) in [6, 6.07) is 9.66. The molecule has 0 radical (unpaired) electrons. The van der Waals surface area contributed by atoms with Gasteiger partial charge in [-0.2, -0.15) is 0 Å². The number of sulfonamides is 1. The molecule has 0 fully saturated rings. The number of hydrogen-bond donors (Lipinski definition) is 2. The predicted octanol–water partition coefficient (Wildman–Crippen LogP) is 2.46. The molecule has 23 heavy (non-hydrogen) atoms. The van der Waals surface area contributed by atoms with Crippen molar-refractivity contribution in [1.82, 2.24) is 0 Å². The molecular formula is C15H15FN2O4S. The van der Waals surface area contributed by atoms with Crippen LogP contribution in [0.5, 0.6) is 5.75 Å². The third kappa shape index (κ3) is 4.68. The van der Waals surface area contributed by atoms with Gasteiger partial charge in [0.1, 0.15) is 11.6 Å². The number of halogens is 1. The summed E-state index contributed by atoms with van der Waals surface area (Å²) in [6.45, 7) is 0. The first-order valence-electron chi connectivity index (χ1n) is 6.51. The summed E-state index contributed by atoms with van der Waals surface area (Å²) >= 11 is 0. The number of amides is 1. The van der Waals surface area contributed by atoms with Crippen LogP contribution in [0.4, 0.5) is 15.8 Å². The molecule has 2 N–H and O–H groups in total. The van der Waals surface area contributed by atoms with Gasteiger partial charge < -0.3 is 10.1 Å². The lowest BCUT2D eigenvalue weighted by Gasteiger charge is -2.12. The van der Waals surface area contributed by atoms with Gasteiger partial charge in [-0.3, -0.25) is 9.52 Å². The maximum atomic E-state index is 13.4. The van der Waals surface area contributed by atoms with Crippen LogP contribution in [0.25, 0.3) is 0 Å². The standard InChI is InChI=1S/C15H15FN2O4S/c1-22-12-6-3-10(4-7-12)15(19)17-14-9-11(16)5-8-13(14)18-23(2,20)21/h3-9,18H,1-2H3,(H,17,19). The van der Waals surface area contributed by atoms with Gasteiger partial charge in [0.25, 0.3) is 5.91 Å². The summed E-state index contributed by atoms with van der Waals surface area (Å²) in [4.78, 5) is 12.2. The Morgan fingerprint density at radius 2 is 1.74 bits per heavy atom. The van der Waals surface area contributed by atoms with Crippen molar-refractivity contribution in [3.05, 3.63) is 53.8 Å². The summed E-state index contributed by atoms with van der Waals surface area (Å²) in [5.74, 6) is -0.518. The summed E-state index contributed by atoms with van der Waals surface area (Å²) in [7, 11) is -2.06. The molecule has 0 saturated carbocycles. The fourth-order valence-electron chi connectivity index (χ4n) is 1.85. The average Bonchev–Trinajstić information content (AvgIpc) is 2.49. The Kier molecular flexibility index (Phi) is 4.85. The van der Waals surface area contributed by atoms with E-state index in [0.717, 1.165) is 18.4 Å². The lowest BCUT2D eigenvalue weighted by atomic mass is 10.2. The van der Waals surface area contributed by atoms with Crippen LogP contribution in [0.15, 0.2) is 42.5 Å². The van der Waals surface area contributed by atoms with Gasteiger partial charge in [-0.05, 0) is 42.5 Å². The van der Waals surface area contributed by atoms with E-state index < -0.39 is 21.7 Å². The number of anilines is 2. The second kappa shape index (κ2) is 6.66. The number of hydrogen-bond acceptors (Lipinski definition) is 4. The number of carbonyl (C=O) groups is 1. The van der Waals surface area contributed by atoms with Crippen molar-refractivity contribution in [2.75, 3.05) is 23.4 Å². The molecule has 0 aromatic heterocycles. The Morgan fingerprint density at radius 1 is 1.09 bits per heavy atom. The Morgan fingerprint density at radius 3 is 2.30 bits per heavy atom. The largest absolute Gasteiger partial charge is 0.497 e. The van der Waals surface area contributed by atoms with E-state index in [4.69, 9.17) is 4.74 Å². The second-order valence-electron chi connectivity index (χ2n) is 4.75. The normalized spacial score (nSPS) is 10.9. The summed E-state index contributed by atoms with van der Waals surface area (Å²) < 4.78 is 43.3. The van der Waals surface area contributed by atoms with Gasteiger partial charge in [0, 0.05) is 5.56 Å². The van der Waals surface area contributed by atoms with Gasteiger partial charge in [0.2, 0.25) is 10.0 Å². The fourth-order valence-corrected chi connectivity index (χ4v) is 2.42. The highest BCUT2D eigenvalue weighted by atomic mass is 32.2. The SMILES string of the molecule is COc1ccc(C(=O)Nc2cc(F)ccc2NS(C)(=O)=O)cc1. The molecule has 2 aromatic carbocycles. The molecule has 0 atom stereocenters. The van der Waals surface area contributed by atoms with Gasteiger partial charge in [0.15, 0.2) is 0 Å². The van der Waals surface area contributed by atoms with Gasteiger partial charge in [-0.15, -0.1) is 0 Å². The molecule has 6 nitrogen and oxygen atoms in total. The average molecular weight is 338 g/mol. The Hall–Kier alpha value is -2.61. The molecule has 0 heterocycles. The number of carbonyl (C=O) groups excluding carboxylic acids is 1. The highest BCUT2D eigenvalue weighted by Crippen LogP contribution is 2.24. The molecular weight excluding hydrogens is 323 g/mol. The number of benzene rings is 2. The summed E-state index contributed by atoms with van der Waals surface area (Å²) in [6.07, 6.45) is 0.964. The first-order valence-corrected chi connectivity index (χ1v) is 8.40. The summed E-state index contributed by atoms with van der Waals surface area (Å²) in [5, 5.41) is 2.48. The molecule has 0 unspecified atom stereocenters. The smallest absolute Gasteiger partial charge is 0.255 e. The van der Waals surface area contributed by atoms with E-state index >= 15 is 0 Å². The van der Waals surface area contributed by atoms with Crippen molar-refractivity contribution < 1.29 is 22.3 Å². The molecule has 1 amide bonds. The zero-order valence-electron chi connectivity index (χ0n) is 12.5. The van der Waals surface area contributed by atoms with Crippen molar-refractivity contribution in [2.45, 2.75) is 0 Å². The maximum Gasteiger partial charge on any atom is 0.255 e. The minimum absolute atomic E-state index is 0.0243. The topological polar surface area (TPSA) is 84.5 Å². The van der Waals surface area contributed by atoms with E-state index in [-0.39, 0.29) is 11.4 Å². The lowest BCUT2D eigenvalue weighted by Crippen LogP contribution is -2.16. The molecule has 0 aliphatic carbocycles. The molecule has 0 bridgehead atoms. The molecule has 2 aromatic rings. The van der Waals surface area contributed by atoms with Crippen LogP contribution in [0, 0.1) is 5.82 Å². The molecule has 8 heteroatoms. The minimum Gasteiger partial charge on any atom is -0.497 e. The van der Waals surface area contributed by atoms with Crippen LogP contribution in [-0.2, 0) is 10.0 Å². The van der Waals surface area contributed by atoms with Crippen molar-refractivity contribution in [3.8, 4) is 5.75 Å². The monoisotopic (exact) mass is 338 g/mol. The van der Waals surface area contributed by atoms with Crippen molar-refractivity contribution >= 4 is 27.3 Å². The van der Waals surface area contributed by atoms with E-state index in [1.807, 2.05) is 0 Å². The Labute approximate surface area is 133 Å². The molecule has 122 valence electrons. The molecule has 2 rings (SSSR count). The van der Waals surface area contributed by atoms with Crippen LogP contribution in [0.3, 0.4) is 0 Å². The van der Waals surface area contributed by atoms with Crippen molar-refractivity contribution in [3.63, 3.8) is 0 Å². The van der Waals surface area contributed by atoms with Crippen LogP contribution in [-0.4, -0.2) is 27.7 Å². The number of nitrogens with one attached hydrogen (secondary N) is 2. The maximum absolute atomic E-state index is 13.4. The van der Waals surface area contributed by atoms with E-state index in [1.165, 1.54) is 25.3 Å². The molecule has 0 aliphatic rings. The Bertz CT molecular complexity index is 820. The van der Waals surface area contributed by atoms with Crippen LogP contribution in [0.2, 0.25) is 0 Å². The number of ether oxygens (including phenoxy) is 1. The third-order valence-corrected chi connectivity index (χ3v) is 3.47.